The molecule has 4 N–H and O–H groups in total. The number of rotatable bonds is 37. The van der Waals surface area contributed by atoms with Crippen LogP contribution in [-0.2, 0) is 23.9 Å². The van der Waals surface area contributed by atoms with Crippen LogP contribution in [0.15, 0.2) is 48.6 Å². The van der Waals surface area contributed by atoms with Gasteiger partial charge in [0.2, 0.25) is 11.8 Å². The molecule has 0 bridgehead atoms. The zero-order valence-electron chi connectivity index (χ0n) is 33.5. The van der Waals surface area contributed by atoms with E-state index in [1.54, 1.807) is 0 Å². The number of allylic oxidation sites excluding steroid dienone is 7. The molecule has 0 aromatic rings. The molecule has 0 saturated heterocycles. The van der Waals surface area contributed by atoms with Crippen molar-refractivity contribution in [2.45, 2.75) is 193 Å². The van der Waals surface area contributed by atoms with Crippen molar-refractivity contribution in [3.63, 3.8) is 0 Å². The number of aliphatic hydroxyl groups is 1. The standard InChI is InChI=1S/C44H76N2O7/c1-3-5-7-9-11-13-14-15-16-17-18-19-20-21-22-24-26-32-36-43(50)53-39(33-29-25-23-12-10-8-6-4-2)34-30-27-28-31-35-41(48)45-37-42(49)46-40(38-47)44(51)52/h6,8,12,16-17,23,29,33,39-40,47H,3-5,7,9-11,13-15,18-22,24-28,30-32,34-38H2,1-2H3,(H,45,48)(H,46,49)(H,51,52)/b8-6-,17-16-,23-12-,33-29-. The first-order valence-electron chi connectivity index (χ1n) is 21.0. The maximum atomic E-state index is 12.7. The van der Waals surface area contributed by atoms with Gasteiger partial charge in [0, 0.05) is 12.8 Å². The van der Waals surface area contributed by atoms with Gasteiger partial charge in [0.15, 0.2) is 0 Å². The quantitative estimate of drug-likeness (QED) is 0.0282. The van der Waals surface area contributed by atoms with E-state index in [4.69, 9.17) is 14.9 Å². The Labute approximate surface area is 322 Å². The molecular weight excluding hydrogens is 668 g/mol. The number of nitrogens with one attached hydrogen (secondary N) is 2. The van der Waals surface area contributed by atoms with Crippen LogP contribution in [0.25, 0.3) is 0 Å². The number of ether oxygens (including phenoxy) is 1. The summed E-state index contributed by atoms with van der Waals surface area (Å²) in [4.78, 5) is 47.5. The molecule has 0 rings (SSSR count). The van der Waals surface area contributed by atoms with Gasteiger partial charge in [-0.1, -0.05) is 140 Å². The van der Waals surface area contributed by atoms with Gasteiger partial charge in [-0.15, -0.1) is 0 Å². The Kier molecular flexibility index (Phi) is 36.2. The second-order valence-electron chi connectivity index (χ2n) is 14.0. The second kappa shape index (κ2) is 38.5. The van der Waals surface area contributed by atoms with Gasteiger partial charge in [0.1, 0.15) is 12.1 Å². The molecule has 0 heterocycles. The van der Waals surface area contributed by atoms with E-state index in [0.717, 1.165) is 64.2 Å². The maximum Gasteiger partial charge on any atom is 0.328 e. The third-order valence-electron chi connectivity index (χ3n) is 9.04. The Morgan fingerprint density at radius 3 is 1.72 bits per heavy atom. The molecule has 0 aliphatic heterocycles. The van der Waals surface area contributed by atoms with Crippen molar-refractivity contribution in [3.05, 3.63) is 48.6 Å². The normalized spacial score (nSPS) is 13.0. The highest BCUT2D eigenvalue weighted by Crippen LogP contribution is 2.15. The molecule has 0 aliphatic rings. The van der Waals surface area contributed by atoms with Gasteiger partial charge >= 0.3 is 11.9 Å². The van der Waals surface area contributed by atoms with E-state index in [0.29, 0.717) is 12.8 Å². The monoisotopic (exact) mass is 745 g/mol. The van der Waals surface area contributed by atoms with Crippen LogP contribution in [0.4, 0.5) is 0 Å². The molecule has 53 heavy (non-hydrogen) atoms. The van der Waals surface area contributed by atoms with Gasteiger partial charge in [-0.2, -0.15) is 0 Å². The first-order chi connectivity index (χ1) is 25.8. The van der Waals surface area contributed by atoms with E-state index < -0.39 is 24.5 Å². The first-order valence-corrected chi connectivity index (χ1v) is 21.0. The Morgan fingerprint density at radius 1 is 0.604 bits per heavy atom. The number of esters is 1. The van der Waals surface area contributed by atoms with Crippen molar-refractivity contribution in [1.29, 1.82) is 0 Å². The number of aliphatic carboxylic acids is 1. The van der Waals surface area contributed by atoms with Crippen LogP contribution >= 0.6 is 0 Å². The average molecular weight is 745 g/mol. The number of carboxylic acid groups (broad SMARTS) is 1. The van der Waals surface area contributed by atoms with E-state index in [9.17, 15) is 19.2 Å². The fourth-order valence-electron chi connectivity index (χ4n) is 5.82. The number of hydrogen-bond acceptors (Lipinski definition) is 6. The Morgan fingerprint density at radius 2 is 1.13 bits per heavy atom. The fraction of sp³-hybridized carbons (Fsp3) is 0.727. The SMILES string of the molecule is CC/C=C\C/C=C\C/C=C\C(CCCCCCC(=O)NCC(=O)NC(CO)C(=O)O)OC(=O)CCCCCCCCC/C=C\CCCCCCCCC. The molecule has 0 fully saturated rings. The van der Waals surface area contributed by atoms with Crippen molar-refractivity contribution in [1.82, 2.24) is 10.6 Å². The molecule has 0 spiro atoms. The minimum atomic E-state index is -1.39. The summed E-state index contributed by atoms with van der Waals surface area (Å²) in [5.74, 6) is -2.44. The predicted octanol–water partition coefficient (Wildman–Crippen LogP) is 9.98. The molecule has 0 saturated carbocycles. The zero-order valence-corrected chi connectivity index (χ0v) is 33.5. The smallest absolute Gasteiger partial charge is 0.328 e. The summed E-state index contributed by atoms with van der Waals surface area (Å²) < 4.78 is 5.87. The second-order valence-corrected chi connectivity index (χ2v) is 14.0. The third kappa shape index (κ3) is 35.6. The number of aliphatic hydroxyl groups excluding tert-OH is 1. The van der Waals surface area contributed by atoms with Crippen LogP contribution in [0, 0.1) is 0 Å². The highest BCUT2D eigenvalue weighted by molar-refractivity contribution is 5.87. The predicted molar refractivity (Wildman–Crippen MR) is 217 cm³/mol. The number of hydrogen-bond donors (Lipinski definition) is 4. The minimum absolute atomic E-state index is 0.141. The lowest BCUT2D eigenvalue weighted by atomic mass is 10.1. The number of carbonyl (C=O) groups is 4. The van der Waals surface area contributed by atoms with Crippen LogP contribution in [0.1, 0.15) is 181 Å². The van der Waals surface area contributed by atoms with Gasteiger partial charge in [-0.05, 0) is 76.7 Å². The Hall–Kier alpha value is -3.20. The molecule has 2 unspecified atom stereocenters. The molecule has 0 aromatic carbocycles. The summed E-state index contributed by atoms with van der Waals surface area (Å²) in [5, 5.41) is 22.5. The summed E-state index contributed by atoms with van der Waals surface area (Å²) in [6.07, 6.45) is 44.5. The van der Waals surface area contributed by atoms with E-state index in [1.807, 2.05) is 6.08 Å². The van der Waals surface area contributed by atoms with Crippen LogP contribution in [0.3, 0.4) is 0 Å². The van der Waals surface area contributed by atoms with Gasteiger partial charge < -0.3 is 25.6 Å². The van der Waals surface area contributed by atoms with Crippen molar-refractivity contribution >= 4 is 23.8 Å². The van der Waals surface area contributed by atoms with E-state index in [-0.39, 0.29) is 30.9 Å². The van der Waals surface area contributed by atoms with Crippen LogP contribution in [-0.4, -0.2) is 59.3 Å². The first kappa shape index (κ1) is 49.8. The molecule has 0 radical (unpaired) electrons. The van der Waals surface area contributed by atoms with Crippen LogP contribution in [0.5, 0.6) is 0 Å². The molecule has 9 heteroatoms. The van der Waals surface area contributed by atoms with Gasteiger partial charge in [0.05, 0.1) is 13.2 Å². The van der Waals surface area contributed by atoms with Crippen molar-refractivity contribution in [3.8, 4) is 0 Å². The Bertz CT molecular complexity index is 1040. The summed E-state index contributed by atoms with van der Waals surface area (Å²) in [7, 11) is 0. The number of carbonyl (C=O) groups excluding carboxylic acids is 3. The lowest BCUT2D eigenvalue weighted by molar-refractivity contribution is -0.147. The molecule has 304 valence electrons. The van der Waals surface area contributed by atoms with Crippen LogP contribution in [0.2, 0.25) is 0 Å². The number of amides is 2. The lowest BCUT2D eigenvalue weighted by Crippen LogP contribution is -2.47. The molecular formula is C44H76N2O7. The van der Waals surface area contributed by atoms with Crippen molar-refractivity contribution in [2.75, 3.05) is 13.2 Å². The highest BCUT2D eigenvalue weighted by atomic mass is 16.5. The number of unbranched alkanes of at least 4 members (excludes halogenated alkanes) is 17. The topological polar surface area (TPSA) is 142 Å². The van der Waals surface area contributed by atoms with Crippen molar-refractivity contribution < 1.29 is 34.1 Å². The molecule has 2 atom stereocenters. The summed E-state index contributed by atoms with van der Waals surface area (Å²) in [6.45, 7) is 3.32. The fourth-order valence-corrected chi connectivity index (χ4v) is 5.82. The van der Waals surface area contributed by atoms with E-state index >= 15 is 0 Å². The molecule has 9 nitrogen and oxygen atoms in total. The molecule has 2 amide bonds. The zero-order chi connectivity index (χ0) is 39.0. The van der Waals surface area contributed by atoms with Gasteiger partial charge in [-0.3, -0.25) is 14.4 Å². The number of carboxylic acids is 1. The van der Waals surface area contributed by atoms with Gasteiger partial charge in [0.25, 0.3) is 0 Å². The summed E-state index contributed by atoms with van der Waals surface area (Å²) in [5.41, 5.74) is 0. The van der Waals surface area contributed by atoms with Gasteiger partial charge in [-0.25, -0.2) is 4.79 Å². The minimum Gasteiger partial charge on any atom is -0.480 e. The largest absolute Gasteiger partial charge is 0.480 e. The Balaban J connectivity index is 4.26. The average Bonchev–Trinajstić information content (AvgIpc) is 3.14. The molecule has 0 aromatic heterocycles. The van der Waals surface area contributed by atoms with Crippen molar-refractivity contribution in [2.24, 2.45) is 0 Å². The maximum absolute atomic E-state index is 12.7. The van der Waals surface area contributed by atoms with E-state index in [1.165, 1.54) is 83.5 Å². The third-order valence-corrected chi connectivity index (χ3v) is 9.04. The summed E-state index contributed by atoms with van der Waals surface area (Å²) >= 11 is 0. The van der Waals surface area contributed by atoms with Crippen LogP contribution < -0.4 is 10.6 Å². The summed E-state index contributed by atoms with van der Waals surface area (Å²) in [6, 6.07) is -1.39. The van der Waals surface area contributed by atoms with E-state index in [2.05, 4.69) is 67.0 Å². The molecule has 0 aliphatic carbocycles. The highest BCUT2D eigenvalue weighted by Gasteiger charge is 2.18. The lowest BCUT2D eigenvalue weighted by Gasteiger charge is -2.15.